The lowest BCUT2D eigenvalue weighted by Gasteiger charge is -2.06. The van der Waals surface area contributed by atoms with Crippen molar-refractivity contribution in [3.05, 3.63) is 0 Å². The Morgan fingerprint density at radius 2 is 1.67 bits per heavy atom. The van der Waals surface area contributed by atoms with Crippen molar-refractivity contribution in [2.45, 2.75) is 47.1 Å². The molecule has 0 aliphatic rings. The zero-order valence-corrected chi connectivity index (χ0v) is 7.49. The average molecular weight is 131 g/mol. The largest absolute Gasteiger partial charge is 0.315 e. The predicted octanol–water partition coefficient (Wildman–Crippen LogP) is 2.42. The Morgan fingerprint density at radius 3 is 1.78 bits per heavy atom. The van der Waals surface area contributed by atoms with Crippen molar-refractivity contribution in [3.63, 3.8) is 0 Å². The van der Waals surface area contributed by atoms with Crippen LogP contribution < -0.4 is 5.32 Å². The minimum absolute atomic E-state index is 0.699. The molecule has 0 aliphatic heterocycles. The topological polar surface area (TPSA) is 12.0 Å². The third-order valence-corrected chi connectivity index (χ3v) is 1.16. The first-order valence-electron chi connectivity index (χ1n) is 4.04. The summed E-state index contributed by atoms with van der Waals surface area (Å²) in [6.45, 7) is 11.6. The molecule has 0 saturated carbocycles. The summed E-state index contributed by atoms with van der Waals surface area (Å²) in [6, 6.07) is 0.699. The highest BCUT2D eigenvalue weighted by atomic mass is 14.9. The van der Waals surface area contributed by atoms with Gasteiger partial charge in [0, 0.05) is 6.04 Å². The van der Waals surface area contributed by atoms with Gasteiger partial charge in [-0.2, -0.15) is 0 Å². The van der Waals surface area contributed by atoms with Crippen molar-refractivity contribution < 1.29 is 0 Å². The molecular formula is C8H21N. The number of rotatable bonds is 3. The summed E-state index contributed by atoms with van der Waals surface area (Å²) in [7, 11) is 0. The summed E-state index contributed by atoms with van der Waals surface area (Å²) in [5, 5.41) is 3.30. The van der Waals surface area contributed by atoms with E-state index in [2.05, 4.69) is 26.1 Å². The lowest BCUT2D eigenvalue weighted by atomic mass is 10.3. The molecular weight excluding hydrogens is 110 g/mol. The van der Waals surface area contributed by atoms with Crippen molar-refractivity contribution in [1.82, 2.24) is 5.32 Å². The van der Waals surface area contributed by atoms with Gasteiger partial charge >= 0.3 is 0 Å². The molecule has 0 saturated heterocycles. The summed E-state index contributed by atoms with van der Waals surface area (Å²) in [6.07, 6.45) is 1.23. The zero-order valence-electron chi connectivity index (χ0n) is 7.49. The van der Waals surface area contributed by atoms with Crippen LogP contribution >= 0.6 is 0 Å². The van der Waals surface area contributed by atoms with Gasteiger partial charge in [-0.3, -0.25) is 0 Å². The fraction of sp³-hybridized carbons (Fsp3) is 1.00. The van der Waals surface area contributed by atoms with E-state index in [-0.39, 0.29) is 0 Å². The summed E-state index contributed by atoms with van der Waals surface area (Å²) < 4.78 is 0. The van der Waals surface area contributed by atoms with Crippen LogP contribution in [0.4, 0.5) is 0 Å². The summed E-state index contributed by atoms with van der Waals surface area (Å²) >= 11 is 0. The van der Waals surface area contributed by atoms with E-state index in [9.17, 15) is 0 Å². The molecule has 0 aromatic rings. The molecule has 0 aromatic heterocycles. The fourth-order valence-corrected chi connectivity index (χ4v) is 0.493. The SMILES string of the molecule is CC.CCNC(C)CC. The highest BCUT2D eigenvalue weighted by Crippen LogP contribution is 1.84. The minimum Gasteiger partial charge on any atom is -0.315 e. The van der Waals surface area contributed by atoms with E-state index in [1.807, 2.05) is 13.8 Å². The monoisotopic (exact) mass is 131 g/mol. The van der Waals surface area contributed by atoms with Gasteiger partial charge in [-0.05, 0) is 19.9 Å². The first-order valence-corrected chi connectivity index (χ1v) is 4.04. The Balaban J connectivity index is 0. The second-order valence-corrected chi connectivity index (χ2v) is 1.87. The smallest absolute Gasteiger partial charge is 0.00359 e. The number of nitrogens with one attached hydrogen (secondary N) is 1. The molecule has 1 atom stereocenters. The van der Waals surface area contributed by atoms with Gasteiger partial charge in [-0.15, -0.1) is 0 Å². The van der Waals surface area contributed by atoms with E-state index >= 15 is 0 Å². The molecule has 0 fully saturated rings. The van der Waals surface area contributed by atoms with Gasteiger partial charge in [0.25, 0.3) is 0 Å². The highest BCUT2D eigenvalue weighted by molar-refractivity contribution is 4.53. The quantitative estimate of drug-likeness (QED) is 0.620. The van der Waals surface area contributed by atoms with Gasteiger partial charge in [0.05, 0.1) is 0 Å². The molecule has 1 heteroatoms. The third kappa shape index (κ3) is 11.5. The van der Waals surface area contributed by atoms with Crippen molar-refractivity contribution in [1.29, 1.82) is 0 Å². The predicted molar refractivity (Wildman–Crippen MR) is 44.8 cm³/mol. The van der Waals surface area contributed by atoms with Crippen LogP contribution in [0.15, 0.2) is 0 Å². The molecule has 0 amide bonds. The van der Waals surface area contributed by atoms with E-state index in [1.165, 1.54) is 6.42 Å². The van der Waals surface area contributed by atoms with Crippen molar-refractivity contribution in [2.75, 3.05) is 6.54 Å². The fourth-order valence-electron chi connectivity index (χ4n) is 0.493. The Hall–Kier alpha value is -0.0400. The van der Waals surface area contributed by atoms with Crippen LogP contribution in [0.1, 0.15) is 41.0 Å². The van der Waals surface area contributed by atoms with Crippen LogP contribution in [-0.2, 0) is 0 Å². The van der Waals surface area contributed by atoms with E-state index in [4.69, 9.17) is 0 Å². The summed E-state index contributed by atoms with van der Waals surface area (Å²) in [4.78, 5) is 0. The second kappa shape index (κ2) is 10.9. The molecule has 1 unspecified atom stereocenters. The molecule has 0 aromatic carbocycles. The van der Waals surface area contributed by atoms with Crippen LogP contribution in [-0.4, -0.2) is 12.6 Å². The first-order chi connectivity index (χ1) is 4.31. The lowest BCUT2D eigenvalue weighted by molar-refractivity contribution is 0.553. The normalized spacial score (nSPS) is 11.7. The van der Waals surface area contributed by atoms with E-state index in [0.29, 0.717) is 6.04 Å². The Morgan fingerprint density at radius 1 is 1.22 bits per heavy atom. The molecule has 0 aliphatic carbocycles. The lowest BCUT2D eigenvalue weighted by Crippen LogP contribution is -2.24. The van der Waals surface area contributed by atoms with Crippen molar-refractivity contribution >= 4 is 0 Å². The van der Waals surface area contributed by atoms with Crippen LogP contribution in [0, 0.1) is 0 Å². The third-order valence-electron chi connectivity index (χ3n) is 1.16. The second-order valence-electron chi connectivity index (χ2n) is 1.87. The maximum absolute atomic E-state index is 3.30. The molecule has 1 N–H and O–H groups in total. The van der Waals surface area contributed by atoms with E-state index < -0.39 is 0 Å². The van der Waals surface area contributed by atoms with Crippen LogP contribution in [0.2, 0.25) is 0 Å². The van der Waals surface area contributed by atoms with Gasteiger partial charge in [-0.1, -0.05) is 27.7 Å². The van der Waals surface area contributed by atoms with Crippen LogP contribution in [0.5, 0.6) is 0 Å². The Bertz CT molecular complexity index is 35.5. The van der Waals surface area contributed by atoms with Crippen LogP contribution in [0.25, 0.3) is 0 Å². The van der Waals surface area contributed by atoms with Gasteiger partial charge in [-0.25, -0.2) is 0 Å². The van der Waals surface area contributed by atoms with Gasteiger partial charge in [0.1, 0.15) is 0 Å². The molecule has 0 rings (SSSR count). The van der Waals surface area contributed by atoms with Crippen LogP contribution in [0.3, 0.4) is 0 Å². The number of hydrogen-bond donors (Lipinski definition) is 1. The molecule has 0 bridgehead atoms. The molecule has 0 radical (unpaired) electrons. The van der Waals surface area contributed by atoms with E-state index in [1.54, 1.807) is 0 Å². The molecule has 0 heterocycles. The Labute approximate surface area is 59.8 Å². The molecule has 1 nitrogen and oxygen atoms in total. The van der Waals surface area contributed by atoms with Crippen molar-refractivity contribution in [2.24, 2.45) is 0 Å². The number of hydrogen-bond acceptors (Lipinski definition) is 1. The maximum Gasteiger partial charge on any atom is 0.00359 e. The molecule has 58 valence electrons. The molecule has 0 spiro atoms. The zero-order chi connectivity index (χ0) is 7.70. The summed E-state index contributed by atoms with van der Waals surface area (Å²) in [5.74, 6) is 0. The summed E-state index contributed by atoms with van der Waals surface area (Å²) in [5.41, 5.74) is 0. The molecule has 9 heavy (non-hydrogen) atoms. The minimum atomic E-state index is 0.699. The standard InChI is InChI=1S/C6H15N.C2H6/c1-4-6(3)7-5-2;1-2/h6-7H,4-5H2,1-3H3;1-2H3. The van der Waals surface area contributed by atoms with Gasteiger partial charge in [0.15, 0.2) is 0 Å². The van der Waals surface area contributed by atoms with E-state index in [0.717, 1.165) is 6.54 Å². The first kappa shape index (κ1) is 11.7. The maximum atomic E-state index is 3.30. The van der Waals surface area contributed by atoms with Crippen molar-refractivity contribution in [3.8, 4) is 0 Å². The van der Waals surface area contributed by atoms with Gasteiger partial charge < -0.3 is 5.32 Å². The highest BCUT2D eigenvalue weighted by Gasteiger charge is 1.90. The average Bonchev–Trinajstić information content (AvgIpc) is 1.93. The Kier molecular flexibility index (Phi) is 14.1. The van der Waals surface area contributed by atoms with Gasteiger partial charge in [0.2, 0.25) is 0 Å².